The third-order valence-electron chi connectivity index (χ3n) is 2.56. The molecule has 0 aliphatic rings. The van der Waals surface area contributed by atoms with Crippen LogP contribution in [0.1, 0.15) is 12.5 Å². The Labute approximate surface area is 115 Å². The van der Waals surface area contributed by atoms with Gasteiger partial charge in [0.05, 0.1) is 11.4 Å². The number of anilines is 2. The second-order valence-electron chi connectivity index (χ2n) is 4.12. The van der Waals surface area contributed by atoms with Gasteiger partial charge in [-0.2, -0.15) is 0 Å². The van der Waals surface area contributed by atoms with Gasteiger partial charge in [-0.15, -0.1) is 0 Å². The molecule has 6 heteroatoms. The van der Waals surface area contributed by atoms with Gasteiger partial charge < -0.3 is 15.5 Å². The van der Waals surface area contributed by atoms with E-state index in [-0.39, 0.29) is 11.2 Å². The lowest BCUT2D eigenvalue weighted by atomic mass is 10.2. The van der Waals surface area contributed by atoms with E-state index in [0.29, 0.717) is 10.9 Å². The average molecular weight is 277 g/mol. The van der Waals surface area contributed by atoms with Crippen molar-refractivity contribution in [3.8, 4) is 0 Å². The van der Waals surface area contributed by atoms with Crippen LogP contribution in [-0.2, 0) is 4.79 Å². The number of nitrogens with two attached hydrogens (primary N) is 1. The van der Waals surface area contributed by atoms with Gasteiger partial charge in [-0.1, -0.05) is 11.8 Å². The predicted octanol–water partition coefficient (Wildman–Crippen LogP) is 2.68. The minimum Gasteiger partial charge on any atom is -0.440 e. The standard InChI is InChI=1S/C13H15N3O2S/c1-8-7-10(14)3-4-11(8)16-12(17)9(2)19-13-15-5-6-18-13/h3-7,9H,14H2,1-2H3,(H,16,17). The largest absolute Gasteiger partial charge is 0.440 e. The van der Waals surface area contributed by atoms with Gasteiger partial charge in [-0.3, -0.25) is 4.79 Å². The summed E-state index contributed by atoms with van der Waals surface area (Å²) in [6.45, 7) is 3.70. The normalized spacial score (nSPS) is 12.1. The zero-order chi connectivity index (χ0) is 13.8. The van der Waals surface area contributed by atoms with Crippen molar-refractivity contribution in [3.63, 3.8) is 0 Å². The maximum atomic E-state index is 12.0. The van der Waals surface area contributed by atoms with Gasteiger partial charge in [-0.25, -0.2) is 4.98 Å². The third kappa shape index (κ3) is 3.51. The molecule has 3 N–H and O–H groups in total. The maximum Gasteiger partial charge on any atom is 0.256 e. The maximum absolute atomic E-state index is 12.0. The van der Waals surface area contributed by atoms with Gasteiger partial charge in [0, 0.05) is 11.4 Å². The van der Waals surface area contributed by atoms with Crippen LogP contribution in [0.4, 0.5) is 11.4 Å². The Hall–Kier alpha value is -1.95. The Morgan fingerprint density at radius 2 is 2.32 bits per heavy atom. The Kier molecular flexibility index (Phi) is 4.11. The summed E-state index contributed by atoms with van der Waals surface area (Å²) in [5.74, 6) is -0.101. The molecule has 1 aromatic carbocycles. The first-order valence-electron chi connectivity index (χ1n) is 5.79. The molecule has 2 rings (SSSR count). The van der Waals surface area contributed by atoms with E-state index in [1.807, 2.05) is 13.0 Å². The van der Waals surface area contributed by atoms with E-state index in [1.165, 1.54) is 18.0 Å². The van der Waals surface area contributed by atoms with Crippen molar-refractivity contribution in [2.75, 3.05) is 11.1 Å². The fraction of sp³-hybridized carbons (Fsp3) is 0.231. The molecule has 100 valence electrons. The summed E-state index contributed by atoms with van der Waals surface area (Å²) < 4.78 is 5.10. The summed E-state index contributed by atoms with van der Waals surface area (Å²) in [4.78, 5) is 16.0. The highest BCUT2D eigenvalue weighted by atomic mass is 32.2. The molecule has 0 bridgehead atoms. The second-order valence-corrected chi connectivity index (χ2v) is 5.41. The molecule has 0 spiro atoms. The van der Waals surface area contributed by atoms with Gasteiger partial charge in [0.15, 0.2) is 0 Å². The number of benzene rings is 1. The van der Waals surface area contributed by atoms with Crippen molar-refractivity contribution in [1.82, 2.24) is 4.98 Å². The molecule has 19 heavy (non-hydrogen) atoms. The molecule has 0 aliphatic carbocycles. The molecule has 1 amide bonds. The fourth-order valence-corrected chi connectivity index (χ4v) is 2.24. The minimum absolute atomic E-state index is 0.101. The van der Waals surface area contributed by atoms with Gasteiger partial charge in [0.2, 0.25) is 5.91 Å². The number of nitrogens with one attached hydrogen (secondary N) is 1. The van der Waals surface area contributed by atoms with Crippen LogP contribution in [0, 0.1) is 6.92 Å². The van der Waals surface area contributed by atoms with Crippen LogP contribution in [0.3, 0.4) is 0 Å². The lowest BCUT2D eigenvalue weighted by Crippen LogP contribution is -2.22. The van der Waals surface area contributed by atoms with Gasteiger partial charge in [0.1, 0.15) is 6.26 Å². The lowest BCUT2D eigenvalue weighted by molar-refractivity contribution is -0.115. The summed E-state index contributed by atoms with van der Waals surface area (Å²) in [5, 5.41) is 3.05. The zero-order valence-electron chi connectivity index (χ0n) is 10.7. The van der Waals surface area contributed by atoms with Crippen LogP contribution in [0.15, 0.2) is 40.3 Å². The lowest BCUT2D eigenvalue weighted by Gasteiger charge is -2.12. The molecule has 0 aliphatic heterocycles. The highest BCUT2D eigenvalue weighted by molar-refractivity contribution is 8.00. The monoisotopic (exact) mass is 277 g/mol. The molecule has 1 aromatic heterocycles. The minimum atomic E-state index is -0.296. The van der Waals surface area contributed by atoms with Crippen molar-refractivity contribution >= 4 is 29.0 Å². The molecule has 1 atom stereocenters. The van der Waals surface area contributed by atoms with E-state index in [2.05, 4.69) is 10.3 Å². The number of nitrogen functional groups attached to an aromatic ring is 1. The summed E-state index contributed by atoms with van der Waals surface area (Å²) in [6, 6.07) is 5.38. The first-order chi connectivity index (χ1) is 9.06. The van der Waals surface area contributed by atoms with Gasteiger partial charge >= 0.3 is 0 Å². The number of carbonyl (C=O) groups excluding carboxylic acids is 1. The number of aryl methyl sites for hydroxylation is 1. The molecule has 0 saturated heterocycles. The number of thioether (sulfide) groups is 1. The number of hydrogen-bond donors (Lipinski definition) is 2. The highest BCUT2D eigenvalue weighted by Gasteiger charge is 2.17. The van der Waals surface area contributed by atoms with Crippen LogP contribution < -0.4 is 11.1 Å². The first kappa shape index (κ1) is 13.5. The summed E-state index contributed by atoms with van der Waals surface area (Å²) >= 11 is 1.27. The fourth-order valence-electron chi connectivity index (χ4n) is 1.53. The zero-order valence-corrected chi connectivity index (χ0v) is 11.5. The topological polar surface area (TPSA) is 81.1 Å². The molecule has 0 fully saturated rings. The first-order valence-corrected chi connectivity index (χ1v) is 6.67. The number of rotatable bonds is 4. The molecule has 5 nitrogen and oxygen atoms in total. The summed E-state index contributed by atoms with van der Waals surface area (Å²) in [5.41, 5.74) is 8.04. The number of carbonyl (C=O) groups is 1. The highest BCUT2D eigenvalue weighted by Crippen LogP contribution is 2.23. The van der Waals surface area contributed by atoms with Crippen LogP contribution >= 0.6 is 11.8 Å². The third-order valence-corrected chi connectivity index (χ3v) is 3.54. The molecule has 1 unspecified atom stereocenters. The number of aromatic nitrogens is 1. The van der Waals surface area contributed by atoms with E-state index < -0.39 is 0 Å². The van der Waals surface area contributed by atoms with Crippen molar-refractivity contribution in [2.24, 2.45) is 0 Å². The van der Waals surface area contributed by atoms with E-state index in [0.717, 1.165) is 11.3 Å². The smallest absolute Gasteiger partial charge is 0.256 e. The second kappa shape index (κ2) is 5.79. The van der Waals surface area contributed by atoms with Gasteiger partial charge in [-0.05, 0) is 37.6 Å². The Balaban J connectivity index is 2.00. The number of amides is 1. The average Bonchev–Trinajstić information content (AvgIpc) is 2.85. The molecule has 2 aromatic rings. The molecular weight excluding hydrogens is 262 g/mol. The van der Waals surface area contributed by atoms with Crippen LogP contribution in [0.2, 0.25) is 0 Å². The van der Waals surface area contributed by atoms with Crippen LogP contribution in [0.25, 0.3) is 0 Å². The molecule has 0 saturated carbocycles. The Bertz CT molecular complexity index is 569. The quantitative estimate of drug-likeness (QED) is 0.663. The SMILES string of the molecule is Cc1cc(N)ccc1NC(=O)C(C)Sc1ncco1. The predicted molar refractivity (Wildman–Crippen MR) is 76.0 cm³/mol. The van der Waals surface area contributed by atoms with E-state index in [9.17, 15) is 4.79 Å². The Morgan fingerprint density at radius 3 is 2.95 bits per heavy atom. The molecule has 1 heterocycles. The van der Waals surface area contributed by atoms with Gasteiger partial charge in [0.25, 0.3) is 5.22 Å². The Morgan fingerprint density at radius 1 is 1.53 bits per heavy atom. The van der Waals surface area contributed by atoms with Crippen molar-refractivity contribution in [1.29, 1.82) is 0 Å². The van der Waals surface area contributed by atoms with Crippen molar-refractivity contribution < 1.29 is 9.21 Å². The summed E-state index contributed by atoms with van der Waals surface area (Å²) in [6.07, 6.45) is 3.04. The van der Waals surface area contributed by atoms with Crippen molar-refractivity contribution in [2.45, 2.75) is 24.3 Å². The van der Waals surface area contributed by atoms with Crippen LogP contribution in [-0.4, -0.2) is 16.1 Å². The molecular formula is C13H15N3O2S. The summed E-state index contributed by atoms with van der Waals surface area (Å²) in [7, 11) is 0. The van der Waals surface area contributed by atoms with Crippen LogP contribution in [0.5, 0.6) is 0 Å². The van der Waals surface area contributed by atoms with E-state index >= 15 is 0 Å². The number of hydrogen-bond acceptors (Lipinski definition) is 5. The van der Waals surface area contributed by atoms with E-state index in [4.69, 9.17) is 10.2 Å². The number of oxazole rings is 1. The van der Waals surface area contributed by atoms with E-state index in [1.54, 1.807) is 25.3 Å². The van der Waals surface area contributed by atoms with Crippen molar-refractivity contribution in [3.05, 3.63) is 36.2 Å². The molecule has 0 radical (unpaired) electrons. The number of nitrogens with zero attached hydrogens (tertiary/aromatic N) is 1.